The maximum Gasteiger partial charge on any atom is 0.346 e. The van der Waals surface area contributed by atoms with Gasteiger partial charge in [-0.05, 0) is 24.6 Å². The Bertz CT molecular complexity index is 645. The van der Waals surface area contributed by atoms with Crippen molar-refractivity contribution in [2.75, 3.05) is 0 Å². The van der Waals surface area contributed by atoms with E-state index in [9.17, 15) is 14.7 Å². The molecule has 0 aliphatic carbocycles. The molecule has 6 nitrogen and oxygen atoms in total. The molecule has 0 atom stereocenters. The summed E-state index contributed by atoms with van der Waals surface area (Å²) in [6.45, 7) is 1.80. The monoisotopic (exact) mass is 220 g/mol. The third-order valence-corrected chi connectivity index (χ3v) is 2.18. The number of carboxylic acids is 1. The van der Waals surface area contributed by atoms with Crippen LogP contribution < -0.4 is 5.56 Å². The van der Waals surface area contributed by atoms with Crippen molar-refractivity contribution < 1.29 is 15.0 Å². The quantitative estimate of drug-likeness (QED) is 0.726. The van der Waals surface area contributed by atoms with Crippen molar-refractivity contribution in [1.82, 2.24) is 9.38 Å². The first-order valence-electron chi connectivity index (χ1n) is 4.46. The highest BCUT2D eigenvalue weighted by atomic mass is 16.4. The van der Waals surface area contributed by atoms with E-state index in [0.29, 0.717) is 0 Å². The maximum absolute atomic E-state index is 11.7. The van der Waals surface area contributed by atoms with Crippen LogP contribution in [0.2, 0.25) is 0 Å². The molecule has 82 valence electrons. The van der Waals surface area contributed by atoms with Crippen molar-refractivity contribution in [3.8, 4) is 5.88 Å². The van der Waals surface area contributed by atoms with E-state index < -0.39 is 23.0 Å². The Kier molecular flexibility index (Phi) is 2.12. The molecule has 2 heterocycles. The molecule has 2 N–H and O–H groups in total. The van der Waals surface area contributed by atoms with E-state index in [-0.39, 0.29) is 5.65 Å². The van der Waals surface area contributed by atoms with Gasteiger partial charge in [0.1, 0.15) is 5.65 Å². The zero-order valence-electron chi connectivity index (χ0n) is 8.34. The molecule has 0 spiro atoms. The Labute approximate surface area is 89.4 Å². The Morgan fingerprint density at radius 3 is 2.81 bits per heavy atom. The number of hydrogen-bond donors (Lipinski definition) is 2. The summed E-state index contributed by atoms with van der Waals surface area (Å²) in [7, 11) is 0. The minimum Gasteiger partial charge on any atom is -0.492 e. The second-order valence-corrected chi connectivity index (χ2v) is 3.35. The van der Waals surface area contributed by atoms with Crippen molar-refractivity contribution in [3.63, 3.8) is 0 Å². The van der Waals surface area contributed by atoms with Crippen molar-refractivity contribution in [3.05, 3.63) is 39.8 Å². The van der Waals surface area contributed by atoms with Crippen LogP contribution in [-0.2, 0) is 0 Å². The number of nitrogens with zero attached hydrogens (tertiary/aromatic N) is 2. The van der Waals surface area contributed by atoms with E-state index in [1.165, 1.54) is 6.20 Å². The second-order valence-electron chi connectivity index (χ2n) is 3.35. The van der Waals surface area contributed by atoms with Crippen molar-refractivity contribution >= 4 is 11.6 Å². The molecule has 0 saturated heterocycles. The lowest BCUT2D eigenvalue weighted by atomic mass is 10.2. The van der Waals surface area contributed by atoms with Crippen LogP contribution in [0.25, 0.3) is 5.65 Å². The van der Waals surface area contributed by atoms with E-state index >= 15 is 0 Å². The molecule has 6 heteroatoms. The van der Waals surface area contributed by atoms with Gasteiger partial charge in [-0.3, -0.25) is 9.20 Å². The second kappa shape index (κ2) is 3.34. The number of aromatic hydroxyl groups is 1. The van der Waals surface area contributed by atoms with Gasteiger partial charge in [-0.1, -0.05) is 0 Å². The van der Waals surface area contributed by atoms with Gasteiger partial charge in [0, 0.05) is 6.20 Å². The predicted octanol–water partition coefficient (Wildman–Crippen LogP) is 0.407. The molecule has 0 aliphatic rings. The fourth-order valence-electron chi connectivity index (χ4n) is 1.42. The van der Waals surface area contributed by atoms with Gasteiger partial charge >= 0.3 is 5.97 Å². The normalized spacial score (nSPS) is 10.6. The average molecular weight is 220 g/mol. The highest BCUT2D eigenvalue weighted by Crippen LogP contribution is 2.11. The predicted molar refractivity (Wildman–Crippen MR) is 54.8 cm³/mol. The minimum absolute atomic E-state index is 0.215. The summed E-state index contributed by atoms with van der Waals surface area (Å²) in [6, 6.07) is 3.23. The number of aromatic carboxylic acids is 1. The number of carboxylic acid groups (broad SMARTS) is 1. The van der Waals surface area contributed by atoms with E-state index in [1.807, 2.05) is 0 Å². The van der Waals surface area contributed by atoms with E-state index in [4.69, 9.17) is 5.11 Å². The summed E-state index contributed by atoms with van der Waals surface area (Å²) in [5.74, 6) is -2.26. The van der Waals surface area contributed by atoms with Gasteiger partial charge in [0.05, 0.1) is 0 Å². The Hall–Kier alpha value is -2.37. The molecule has 0 radical (unpaired) electrons. The number of hydrogen-bond acceptors (Lipinski definition) is 4. The molecule has 0 aromatic carbocycles. The number of pyridine rings is 1. The van der Waals surface area contributed by atoms with Gasteiger partial charge in [-0.25, -0.2) is 4.79 Å². The maximum atomic E-state index is 11.7. The summed E-state index contributed by atoms with van der Waals surface area (Å²) in [5.41, 5.74) is -0.446. The summed E-state index contributed by atoms with van der Waals surface area (Å²) < 4.78 is 1.08. The topological polar surface area (TPSA) is 91.9 Å². The van der Waals surface area contributed by atoms with E-state index in [0.717, 1.165) is 9.96 Å². The lowest BCUT2D eigenvalue weighted by Crippen LogP contribution is -2.23. The fourth-order valence-corrected chi connectivity index (χ4v) is 1.42. The van der Waals surface area contributed by atoms with Gasteiger partial charge < -0.3 is 10.2 Å². The molecule has 2 aromatic rings. The van der Waals surface area contributed by atoms with Crippen LogP contribution in [0.3, 0.4) is 0 Å². The SMILES string of the molecule is Cc1ccn2c(=O)c(C(=O)O)c(O)nc2c1. The number of rotatable bonds is 1. The Morgan fingerprint density at radius 2 is 2.19 bits per heavy atom. The lowest BCUT2D eigenvalue weighted by Gasteiger charge is -2.03. The molecule has 16 heavy (non-hydrogen) atoms. The van der Waals surface area contributed by atoms with Crippen LogP contribution in [0.4, 0.5) is 0 Å². The Balaban J connectivity index is 2.95. The van der Waals surface area contributed by atoms with Gasteiger partial charge in [0.25, 0.3) is 5.56 Å². The smallest absolute Gasteiger partial charge is 0.346 e. The lowest BCUT2D eigenvalue weighted by molar-refractivity contribution is 0.0690. The van der Waals surface area contributed by atoms with Crippen molar-refractivity contribution in [2.45, 2.75) is 6.92 Å². The number of carbonyl (C=O) groups is 1. The molecule has 0 amide bonds. The van der Waals surface area contributed by atoms with Gasteiger partial charge in [0.2, 0.25) is 5.88 Å². The molecule has 0 bridgehead atoms. The molecular weight excluding hydrogens is 212 g/mol. The van der Waals surface area contributed by atoms with Crippen molar-refractivity contribution in [1.29, 1.82) is 0 Å². The molecule has 0 unspecified atom stereocenters. The zero-order valence-corrected chi connectivity index (χ0v) is 8.34. The number of aromatic nitrogens is 2. The van der Waals surface area contributed by atoms with Crippen molar-refractivity contribution in [2.24, 2.45) is 0 Å². The average Bonchev–Trinajstić information content (AvgIpc) is 2.15. The van der Waals surface area contributed by atoms with E-state index in [2.05, 4.69) is 4.98 Å². The zero-order chi connectivity index (χ0) is 11.9. The highest BCUT2D eigenvalue weighted by Gasteiger charge is 2.18. The van der Waals surface area contributed by atoms with Crippen LogP contribution in [0.1, 0.15) is 15.9 Å². The molecule has 2 rings (SSSR count). The summed E-state index contributed by atoms with van der Waals surface area (Å²) >= 11 is 0. The highest BCUT2D eigenvalue weighted by molar-refractivity contribution is 5.89. The van der Waals surface area contributed by atoms with Gasteiger partial charge in [0.15, 0.2) is 5.56 Å². The molecule has 2 aromatic heterocycles. The van der Waals surface area contributed by atoms with Crippen LogP contribution in [0.15, 0.2) is 23.1 Å². The summed E-state index contributed by atoms with van der Waals surface area (Å²) in [5, 5.41) is 18.1. The molecule has 0 saturated carbocycles. The van der Waals surface area contributed by atoms with Crippen LogP contribution in [-0.4, -0.2) is 25.6 Å². The molecular formula is C10H8N2O4. The van der Waals surface area contributed by atoms with E-state index in [1.54, 1.807) is 19.1 Å². The third-order valence-electron chi connectivity index (χ3n) is 2.18. The Morgan fingerprint density at radius 1 is 1.50 bits per heavy atom. The first-order chi connectivity index (χ1) is 7.50. The first-order valence-corrected chi connectivity index (χ1v) is 4.46. The molecule has 0 fully saturated rings. The van der Waals surface area contributed by atoms with Gasteiger partial charge in [-0.15, -0.1) is 0 Å². The standard InChI is InChI=1S/C10H8N2O4/c1-5-2-3-12-6(4-5)11-8(13)7(9(12)14)10(15)16/h2-4,13H,1H3,(H,15,16). The first kappa shape index (κ1) is 10.2. The molecule has 0 aliphatic heterocycles. The van der Waals surface area contributed by atoms with Crippen LogP contribution in [0, 0.1) is 6.92 Å². The van der Waals surface area contributed by atoms with Gasteiger partial charge in [-0.2, -0.15) is 4.98 Å². The number of fused-ring (bicyclic) bond motifs is 1. The number of aryl methyl sites for hydroxylation is 1. The summed E-state index contributed by atoms with van der Waals surface area (Å²) in [4.78, 5) is 26.1. The third kappa shape index (κ3) is 1.40. The largest absolute Gasteiger partial charge is 0.492 e. The van der Waals surface area contributed by atoms with Crippen LogP contribution in [0.5, 0.6) is 5.88 Å². The minimum atomic E-state index is -1.50. The fraction of sp³-hybridized carbons (Fsp3) is 0.100. The van der Waals surface area contributed by atoms with Crippen LogP contribution >= 0.6 is 0 Å². The summed E-state index contributed by atoms with van der Waals surface area (Å²) in [6.07, 6.45) is 1.42.